The van der Waals surface area contributed by atoms with Gasteiger partial charge < -0.3 is 15.4 Å². The van der Waals surface area contributed by atoms with E-state index in [2.05, 4.69) is 16.7 Å². The fraction of sp³-hybridized carbons (Fsp3) is 0.190. The molecule has 0 spiro atoms. The van der Waals surface area contributed by atoms with Crippen molar-refractivity contribution in [3.8, 4) is 11.8 Å². The van der Waals surface area contributed by atoms with Crippen LogP contribution in [0.15, 0.2) is 59.1 Å². The number of carbonyl (C=O) groups excluding carboxylic acids is 2. The standard InChI is InChI=1S/C21H18N4O5S/c1-30-16-7-3-5-14(9-16)23-20(27)12-31-21-18(11-22)17(10-19(26)24-21)13-4-2-6-15(8-13)25(28)29/h2-9,17H,10,12H2,1H3,(H,23,27)(H,24,26)/t17-/m1/s1. The molecule has 2 N–H and O–H groups in total. The summed E-state index contributed by atoms with van der Waals surface area (Å²) in [5.74, 6) is -0.720. The molecule has 10 heteroatoms. The Labute approximate surface area is 182 Å². The highest BCUT2D eigenvalue weighted by Gasteiger charge is 2.30. The van der Waals surface area contributed by atoms with Gasteiger partial charge in [0.15, 0.2) is 0 Å². The van der Waals surface area contributed by atoms with Gasteiger partial charge in [0.25, 0.3) is 5.69 Å². The Morgan fingerprint density at radius 1 is 1.35 bits per heavy atom. The van der Waals surface area contributed by atoms with Crippen molar-refractivity contribution in [3.63, 3.8) is 0 Å². The molecular formula is C21H18N4O5S. The number of non-ortho nitro benzene ring substituents is 1. The van der Waals surface area contributed by atoms with Crippen molar-refractivity contribution in [2.24, 2.45) is 0 Å². The van der Waals surface area contributed by atoms with Crippen LogP contribution >= 0.6 is 11.8 Å². The van der Waals surface area contributed by atoms with Crippen LogP contribution in [0.3, 0.4) is 0 Å². The molecular weight excluding hydrogens is 420 g/mol. The van der Waals surface area contributed by atoms with Crippen molar-refractivity contribution in [3.05, 3.63) is 74.8 Å². The van der Waals surface area contributed by atoms with E-state index in [4.69, 9.17) is 4.74 Å². The van der Waals surface area contributed by atoms with Gasteiger partial charge in [-0.15, -0.1) is 0 Å². The molecule has 0 saturated heterocycles. The van der Waals surface area contributed by atoms with Crippen molar-refractivity contribution in [2.75, 3.05) is 18.2 Å². The maximum absolute atomic E-state index is 12.3. The normalized spacial score (nSPS) is 15.6. The van der Waals surface area contributed by atoms with Crippen molar-refractivity contribution in [2.45, 2.75) is 12.3 Å². The summed E-state index contributed by atoms with van der Waals surface area (Å²) in [6, 6.07) is 14.8. The van der Waals surface area contributed by atoms with Crippen molar-refractivity contribution in [1.29, 1.82) is 5.26 Å². The van der Waals surface area contributed by atoms with E-state index in [1.54, 1.807) is 30.3 Å². The third-order valence-corrected chi connectivity index (χ3v) is 5.56. The lowest BCUT2D eigenvalue weighted by Crippen LogP contribution is -2.31. The summed E-state index contributed by atoms with van der Waals surface area (Å²) in [7, 11) is 1.52. The third kappa shape index (κ3) is 5.40. The van der Waals surface area contributed by atoms with Crippen molar-refractivity contribution in [1.82, 2.24) is 5.32 Å². The lowest BCUT2D eigenvalue weighted by molar-refractivity contribution is -0.384. The van der Waals surface area contributed by atoms with Crippen LogP contribution in [-0.4, -0.2) is 29.6 Å². The molecule has 1 heterocycles. The van der Waals surface area contributed by atoms with E-state index in [1.165, 1.54) is 25.3 Å². The Bertz CT molecular complexity index is 1110. The first kappa shape index (κ1) is 21.9. The Morgan fingerprint density at radius 3 is 2.84 bits per heavy atom. The number of nitrogens with one attached hydrogen (secondary N) is 2. The van der Waals surface area contributed by atoms with Gasteiger partial charge in [0.05, 0.1) is 34.5 Å². The molecule has 1 atom stereocenters. The van der Waals surface area contributed by atoms with E-state index in [0.29, 0.717) is 17.0 Å². The summed E-state index contributed by atoms with van der Waals surface area (Å²) in [6.45, 7) is 0. The number of nitriles is 1. The summed E-state index contributed by atoms with van der Waals surface area (Å²) in [6.07, 6.45) is -0.00979. The summed E-state index contributed by atoms with van der Waals surface area (Å²) in [5, 5.41) is 26.4. The minimum absolute atomic E-state index is 0.00979. The predicted octanol–water partition coefficient (Wildman–Crippen LogP) is 3.31. The molecule has 0 bridgehead atoms. The summed E-state index contributed by atoms with van der Waals surface area (Å²) >= 11 is 1.03. The molecule has 0 fully saturated rings. The number of benzene rings is 2. The van der Waals surface area contributed by atoms with E-state index in [9.17, 15) is 25.0 Å². The summed E-state index contributed by atoms with van der Waals surface area (Å²) in [5.41, 5.74) is 1.20. The minimum atomic E-state index is -0.623. The molecule has 158 valence electrons. The fourth-order valence-corrected chi connectivity index (χ4v) is 3.99. The zero-order valence-electron chi connectivity index (χ0n) is 16.5. The average molecular weight is 438 g/mol. The lowest BCUT2D eigenvalue weighted by Gasteiger charge is -2.24. The van der Waals surface area contributed by atoms with Gasteiger partial charge in [0.1, 0.15) is 5.75 Å². The SMILES string of the molecule is COc1cccc(NC(=O)CSC2=C(C#N)[C@@H](c3cccc([N+](=O)[O-])c3)CC(=O)N2)c1. The Balaban J connectivity index is 1.77. The van der Waals surface area contributed by atoms with Crippen LogP contribution in [0.25, 0.3) is 0 Å². The molecule has 3 rings (SSSR count). The number of hydrogen-bond donors (Lipinski definition) is 2. The number of nitro benzene ring substituents is 1. The molecule has 2 aromatic carbocycles. The number of allylic oxidation sites excluding steroid dienone is 1. The molecule has 1 aliphatic heterocycles. The van der Waals surface area contributed by atoms with E-state index < -0.39 is 10.8 Å². The quantitative estimate of drug-likeness (QED) is 0.500. The molecule has 9 nitrogen and oxygen atoms in total. The molecule has 0 unspecified atom stereocenters. The van der Waals surface area contributed by atoms with E-state index >= 15 is 0 Å². The molecule has 0 radical (unpaired) electrons. The Kier molecular flexibility index (Phi) is 6.89. The van der Waals surface area contributed by atoms with Crippen molar-refractivity contribution < 1.29 is 19.2 Å². The fourth-order valence-electron chi connectivity index (χ4n) is 3.11. The number of methoxy groups -OCH3 is 1. The number of amides is 2. The number of anilines is 1. The summed E-state index contributed by atoms with van der Waals surface area (Å²) in [4.78, 5) is 35.1. The Morgan fingerprint density at radius 2 is 2.13 bits per heavy atom. The zero-order chi connectivity index (χ0) is 22.4. The maximum Gasteiger partial charge on any atom is 0.269 e. The van der Waals surface area contributed by atoms with Crippen LogP contribution in [0.4, 0.5) is 11.4 Å². The molecule has 31 heavy (non-hydrogen) atoms. The van der Waals surface area contributed by atoms with Gasteiger partial charge in [-0.1, -0.05) is 30.0 Å². The Hall–Kier alpha value is -3.84. The monoisotopic (exact) mass is 438 g/mol. The highest BCUT2D eigenvalue weighted by Crippen LogP contribution is 2.37. The average Bonchev–Trinajstić information content (AvgIpc) is 2.77. The van der Waals surface area contributed by atoms with E-state index in [-0.39, 0.29) is 40.3 Å². The van der Waals surface area contributed by atoms with Gasteiger partial charge in [-0.3, -0.25) is 19.7 Å². The third-order valence-electron chi connectivity index (χ3n) is 4.54. The van der Waals surface area contributed by atoms with Crippen LogP contribution in [0.1, 0.15) is 17.9 Å². The van der Waals surface area contributed by atoms with Crippen LogP contribution in [0, 0.1) is 21.4 Å². The topological polar surface area (TPSA) is 134 Å². The second kappa shape index (κ2) is 9.77. The van der Waals surface area contributed by atoms with E-state index in [0.717, 1.165) is 11.8 Å². The van der Waals surface area contributed by atoms with Gasteiger partial charge in [0.2, 0.25) is 11.8 Å². The van der Waals surface area contributed by atoms with Crippen LogP contribution in [0.5, 0.6) is 5.75 Å². The van der Waals surface area contributed by atoms with Crippen LogP contribution < -0.4 is 15.4 Å². The number of hydrogen-bond acceptors (Lipinski definition) is 7. The van der Waals surface area contributed by atoms with Gasteiger partial charge in [-0.2, -0.15) is 5.26 Å². The first-order valence-corrected chi connectivity index (χ1v) is 10.1. The number of ether oxygens (including phenoxy) is 1. The van der Waals surface area contributed by atoms with Crippen LogP contribution in [-0.2, 0) is 9.59 Å². The molecule has 2 amide bonds. The first-order chi connectivity index (χ1) is 14.9. The second-order valence-electron chi connectivity index (χ2n) is 6.58. The molecule has 2 aromatic rings. The molecule has 0 aromatic heterocycles. The number of carbonyl (C=O) groups is 2. The van der Waals surface area contributed by atoms with Crippen molar-refractivity contribution >= 4 is 35.0 Å². The lowest BCUT2D eigenvalue weighted by atomic mass is 9.87. The van der Waals surface area contributed by atoms with Gasteiger partial charge in [0, 0.05) is 36.2 Å². The second-order valence-corrected chi connectivity index (χ2v) is 7.57. The highest BCUT2D eigenvalue weighted by atomic mass is 32.2. The molecule has 0 saturated carbocycles. The largest absolute Gasteiger partial charge is 0.497 e. The number of thioether (sulfide) groups is 1. The summed E-state index contributed by atoms with van der Waals surface area (Å²) < 4.78 is 5.12. The zero-order valence-corrected chi connectivity index (χ0v) is 17.3. The van der Waals surface area contributed by atoms with E-state index in [1.807, 2.05) is 0 Å². The highest BCUT2D eigenvalue weighted by molar-refractivity contribution is 8.03. The number of nitro groups is 1. The van der Waals surface area contributed by atoms with Gasteiger partial charge in [-0.05, 0) is 17.7 Å². The molecule has 1 aliphatic rings. The maximum atomic E-state index is 12.3. The minimum Gasteiger partial charge on any atom is -0.497 e. The predicted molar refractivity (Wildman–Crippen MR) is 115 cm³/mol. The molecule has 0 aliphatic carbocycles. The smallest absolute Gasteiger partial charge is 0.269 e. The van der Waals surface area contributed by atoms with Gasteiger partial charge in [-0.25, -0.2) is 0 Å². The number of rotatable bonds is 7. The van der Waals surface area contributed by atoms with Gasteiger partial charge >= 0.3 is 0 Å². The first-order valence-electron chi connectivity index (χ1n) is 9.16. The number of nitrogens with zero attached hydrogens (tertiary/aromatic N) is 2. The van der Waals surface area contributed by atoms with Crippen LogP contribution in [0.2, 0.25) is 0 Å².